The van der Waals surface area contributed by atoms with Gasteiger partial charge in [-0.05, 0) is 38.5 Å². The monoisotopic (exact) mass is 371 g/mol. The number of carbonyl (C=O) groups excluding carboxylic acids is 1. The molecule has 136 valence electrons. The summed E-state index contributed by atoms with van der Waals surface area (Å²) in [5, 5.41) is 13.8. The molecule has 0 atom stereocenters. The summed E-state index contributed by atoms with van der Waals surface area (Å²) in [7, 11) is 0. The Labute approximate surface area is 156 Å². The van der Waals surface area contributed by atoms with E-state index in [0.717, 1.165) is 22.0 Å². The van der Waals surface area contributed by atoms with Gasteiger partial charge in [-0.25, -0.2) is 9.67 Å². The Morgan fingerprint density at radius 3 is 2.92 bits per heavy atom. The first-order valence-electron chi connectivity index (χ1n) is 8.34. The van der Waals surface area contributed by atoms with Gasteiger partial charge in [-0.15, -0.1) is 16.4 Å². The number of aryl methyl sites for hydroxylation is 1. The minimum Gasteiger partial charge on any atom is -0.491 e. The molecule has 26 heavy (non-hydrogen) atoms. The summed E-state index contributed by atoms with van der Waals surface area (Å²) < 4.78 is 7.18. The van der Waals surface area contributed by atoms with Gasteiger partial charge in [-0.2, -0.15) is 0 Å². The van der Waals surface area contributed by atoms with Crippen molar-refractivity contribution in [2.75, 3.05) is 0 Å². The highest BCUT2D eigenvalue weighted by Gasteiger charge is 2.10. The van der Waals surface area contributed by atoms with Gasteiger partial charge in [-0.3, -0.25) is 4.79 Å². The standard InChI is InChI=1S/C18H21N5O2S/c1-12(2)25-15-6-4-5-14(7-15)8-19-18(24)10-23-9-16(21-22-23)17-11-26-13(3)20-17/h4-7,9,11-12H,8,10H2,1-3H3,(H,19,24). The molecular formula is C18H21N5O2S. The van der Waals surface area contributed by atoms with E-state index >= 15 is 0 Å². The van der Waals surface area contributed by atoms with Crippen molar-refractivity contribution < 1.29 is 9.53 Å². The van der Waals surface area contributed by atoms with E-state index in [1.165, 1.54) is 4.68 Å². The predicted molar refractivity (Wildman–Crippen MR) is 99.9 cm³/mol. The Morgan fingerprint density at radius 2 is 2.19 bits per heavy atom. The minimum atomic E-state index is -0.133. The molecule has 0 fully saturated rings. The fourth-order valence-corrected chi connectivity index (χ4v) is 2.99. The van der Waals surface area contributed by atoms with Crippen LogP contribution in [0.25, 0.3) is 11.4 Å². The number of nitrogens with zero attached hydrogens (tertiary/aromatic N) is 4. The minimum absolute atomic E-state index is 0.109. The van der Waals surface area contributed by atoms with E-state index in [2.05, 4.69) is 20.6 Å². The second kappa shape index (κ2) is 8.09. The number of rotatable bonds is 7. The normalized spacial score (nSPS) is 10.9. The summed E-state index contributed by atoms with van der Waals surface area (Å²) in [5.41, 5.74) is 2.43. The van der Waals surface area contributed by atoms with Crippen LogP contribution in [0, 0.1) is 6.92 Å². The highest BCUT2D eigenvalue weighted by molar-refractivity contribution is 7.09. The number of amides is 1. The Bertz CT molecular complexity index is 887. The SMILES string of the molecule is Cc1nc(-c2cn(CC(=O)NCc3cccc(OC(C)C)c3)nn2)cs1. The van der Waals surface area contributed by atoms with E-state index in [-0.39, 0.29) is 18.6 Å². The topological polar surface area (TPSA) is 81.9 Å². The van der Waals surface area contributed by atoms with E-state index in [1.807, 2.05) is 50.4 Å². The van der Waals surface area contributed by atoms with Gasteiger partial charge in [0.25, 0.3) is 0 Å². The van der Waals surface area contributed by atoms with E-state index in [0.29, 0.717) is 12.2 Å². The van der Waals surface area contributed by atoms with Crippen LogP contribution in [-0.4, -0.2) is 32.0 Å². The van der Waals surface area contributed by atoms with Crippen molar-refractivity contribution in [2.24, 2.45) is 0 Å². The molecule has 0 aliphatic rings. The number of hydrogen-bond acceptors (Lipinski definition) is 6. The molecule has 0 saturated carbocycles. The predicted octanol–water partition coefficient (Wildman–Crippen LogP) is 2.81. The molecule has 0 radical (unpaired) electrons. The molecule has 0 bridgehead atoms. The second-order valence-corrected chi connectivity index (χ2v) is 7.21. The van der Waals surface area contributed by atoms with Crippen LogP contribution in [0.1, 0.15) is 24.4 Å². The number of nitrogens with one attached hydrogen (secondary N) is 1. The fraction of sp³-hybridized carbons (Fsp3) is 0.333. The molecule has 3 rings (SSSR count). The Kier molecular flexibility index (Phi) is 5.62. The first kappa shape index (κ1) is 18.1. The lowest BCUT2D eigenvalue weighted by Crippen LogP contribution is -2.27. The van der Waals surface area contributed by atoms with E-state index in [9.17, 15) is 4.79 Å². The lowest BCUT2D eigenvalue weighted by molar-refractivity contribution is -0.122. The van der Waals surface area contributed by atoms with Crippen molar-refractivity contribution in [3.05, 3.63) is 46.4 Å². The molecule has 0 spiro atoms. The van der Waals surface area contributed by atoms with Crippen LogP contribution in [0.5, 0.6) is 5.75 Å². The number of hydrogen-bond donors (Lipinski definition) is 1. The van der Waals surface area contributed by atoms with Gasteiger partial charge >= 0.3 is 0 Å². The summed E-state index contributed by atoms with van der Waals surface area (Å²) in [5.74, 6) is 0.664. The Morgan fingerprint density at radius 1 is 1.35 bits per heavy atom. The molecule has 7 nitrogen and oxygen atoms in total. The molecule has 2 heterocycles. The summed E-state index contributed by atoms with van der Waals surface area (Å²) in [4.78, 5) is 16.5. The molecule has 0 saturated heterocycles. The highest BCUT2D eigenvalue weighted by Crippen LogP contribution is 2.18. The van der Waals surface area contributed by atoms with Gasteiger partial charge in [0.1, 0.15) is 23.7 Å². The number of ether oxygens (including phenoxy) is 1. The smallest absolute Gasteiger partial charge is 0.242 e. The van der Waals surface area contributed by atoms with Crippen LogP contribution >= 0.6 is 11.3 Å². The maximum Gasteiger partial charge on any atom is 0.242 e. The van der Waals surface area contributed by atoms with Gasteiger partial charge in [0, 0.05) is 11.9 Å². The fourth-order valence-electron chi connectivity index (χ4n) is 2.38. The van der Waals surface area contributed by atoms with Crippen LogP contribution < -0.4 is 10.1 Å². The zero-order chi connectivity index (χ0) is 18.5. The van der Waals surface area contributed by atoms with Gasteiger partial charge in [0.05, 0.1) is 17.3 Å². The molecule has 0 unspecified atom stereocenters. The maximum atomic E-state index is 12.2. The molecule has 1 N–H and O–H groups in total. The van der Waals surface area contributed by atoms with Crippen molar-refractivity contribution in [1.82, 2.24) is 25.3 Å². The largest absolute Gasteiger partial charge is 0.491 e. The summed E-state index contributed by atoms with van der Waals surface area (Å²) in [6.07, 6.45) is 1.84. The zero-order valence-electron chi connectivity index (χ0n) is 15.0. The first-order valence-corrected chi connectivity index (χ1v) is 9.22. The van der Waals surface area contributed by atoms with Gasteiger partial charge in [0.15, 0.2) is 0 Å². The van der Waals surface area contributed by atoms with Crippen LogP contribution in [0.15, 0.2) is 35.8 Å². The molecule has 2 aromatic heterocycles. The zero-order valence-corrected chi connectivity index (χ0v) is 15.8. The van der Waals surface area contributed by atoms with E-state index < -0.39 is 0 Å². The number of aromatic nitrogens is 4. The third-order valence-electron chi connectivity index (χ3n) is 3.49. The first-order chi connectivity index (χ1) is 12.5. The third-order valence-corrected chi connectivity index (χ3v) is 4.26. The van der Waals surface area contributed by atoms with Crippen LogP contribution in [-0.2, 0) is 17.9 Å². The summed E-state index contributed by atoms with van der Waals surface area (Å²) in [6, 6.07) is 7.70. The van der Waals surface area contributed by atoms with Crippen molar-refractivity contribution in [2.45, 2.75) is 40.0 Å². The molecule has 1 amide bonds. The summed E-state index contributed by atoms with van der Waals surface area (Å²) >= 11 is 1.56. The van der Waals surface area contributed by atoms with Crippen LogP contribution in [0.3, 0.4) is 0 Å². The number of carbonyl (C=O) groups is 1. The molecular weight excluding hydrogens is 350 g/mol. The maximum absolute atomic E-state index is 12.2. The molecule has 1 aromatic carbocycles. The van der Waals surface area contributed by atoms with E-state index in [4.69, 9.17) is 4.74 Å². The van der Waals surface area contributed by atoms with Crippen LogP contribution in [0.2, 0.25) is 0 Å². The van der Waals surface area contributed by atoms with Crippen molar-refractivity contribution >= 4 is 17.2 Å². The molecule has 0 aliphatic heterocycles. The lowest BCUT2D eigenvalue weighted by atomic mass is 10.2. The molecule has 3 aromatic rings. The Balaban J connectivity index is 1.54. The van der Waals surface area contributed by atoms with Gasteiger partial charge in [0.2, 0.25) is 5.91 Å². The van der Waals surface area contributed by atoms with Crippen molar-refractivity contribution in [3.63, 3.8) is 0 Å². The average Bonchev–Trinajstić information content (AvgIpc) is 3.21. The van der Waals surface area contributed by atoms with Crippen LogP contribution in [0.4, 0.5) is 0 Å². The van der Waals surface area contributed by atoms with Crippen molar-refractivity contribution in [1.29, 1.82) is 0 Å². The van der Waals surface area contributed by atoms with Crippen molar-refractivity contribution in [3.8, 4) is 17.1 Å². The number of benzene rings is 1. The van der Waals surface area contributed by atoms with Gasteiger partial charge < -0.3 is 10.1 Å². The third kappa shape index (κ3) is 4.89. The molecule has 0 aliphatic carbocycles. The van der Waals surface area contributed by atoms with E-state index in [1.54, 1.807) is 17.5 Å². The second-order valence-electron chi connectivity index (χ2n) is 6.14. The summed E-state index contributed by atoms with van der Waals surface area (Å²) in [6.45, 7) is 6.44. The quantitative estimate of drug-likeness (QED) is 0.691. The Hall–Kier alpha value is -2.74. The molecule has 8 heteroatoms. The van der Waals surface area contributed by atoms with Gasteiger partial charge in [-0.1, -0.05) is 17.3 Å². The average molecular weight is 371 g/mol. The lowest BCUT2D eigenvalue weighted by Gasteiger charge is -2.11. The highest BCUT2D eigenvalue weighted by atomic mass is 32.1. The number of thiazole rings is 1.